The maximum atomic E-state index is 13.8. The van der Waals surface area contributed by atoms with Gasteiger partial charge in [0.15, 0.2) is 17.3 Å². The van der Waals surface area contributed by atoms with Gasteiger partial charge in [0.25, 0.3) is 0 Å². The van der Waals surface area contributed by atoms with E-state index in [-0.39, 0.29) is 28.5 Å². The Balaban J connectivity index is 2.15. The second-order valence-electron chi connectivity index (χ2n) is 6.32. The normalized spacial score (nSPS) is 24.5. The maximum Gasteiger partial charge on any atom is 0.437 e. The number of urea groups is 1. The molecule has 4 N–H and O–H groups in total. The Kier molecular flexibility index (Phi) is 5.46. The third-order valence-corrected chi connectivity index (χ3v) is 5.38. The number of halogens is 3. The van der Waals surface area contributed by atoms with E-state index in [1.807, 2.05) is 0 Å². The van der Waals surface area contributed by atoms with Crippen molar-refractivity contribution < 1.29 is 37.7 Å². The molecule has 0 aliphatic carbocycles. The molecule has 0 saturated carbocycles. The summed E-state index contributed by atoms with van der Waals surface area (Å²) in [7, 11) is 0. The number of ether oxygens (including phenoxy) is 1. The van der Waals surface area contributed by atoms with E-state index >= 15 is 0 Å². The number of rotatable bonds is 5. The summed E-state index contributed by atoms with van der Waals surface area (Å²) in [6, 6.07) is 3.64. The molecule has 2 aromatic rings. The molecule has 2 amide bonds. The van der Waals surface area contributed by atoms with Crippen molar-refractivity contribution in [1.82, 2.24) is 10.6 Å². The minimum Gasteiger partial charge on any atom is -0.504 e. The molecule has 29 heavy (non-hydrogen) atoms. The molecule has 0 bridgehead atoms. The van der Waals surface area contributed by atoms with E-state index in [0.717, 1.165) is 11.3 Å². The average Bonchev–Trinajstić information content (AvgIpc) is 3.16. The van der Waals surface area contributed by atoms with Gasteiger partial charge in [-0.3, -0.25) is 4.79 Å². The van der Waals surface area contributed by atoms with E-state index in [9.17, 15) is 33.0 Å². The lowest BCUT2D eigenvalue weighted by Gasteiger charge is -2.44. The Bertz CT molecular complexity index is 919. The number of phenolic OH excluding ortho intramolecular Hbond substituents is 1. The number of hydrogen-bond donors (Lipinski definition) is 4. The molecule has 1 aliphatic rings. The highest BCUT2D eigenvalue weighted by molar-refractivity contribution is 7.12. The van der Waals surface area contributed by atoms with Crippen LogP contribution in [0.3, 0.4) is 0 Å². The number of amides is 2. The lowest BCUT2D eigenvalue weighted by Crippen LogP contribution is -2.72. The third-order valence-electron chi connectivity index (χ3n) is 4.50. The van der Waals surface area contributed by atoms with Crippen LogP contribution in [0.4, 0.5) is 18.0 Å². The van der Waals surface area contributed by atoms with Gasteiger partial charge >= 0.3 is 12.2 Å². The zero-order valence-corrected chi connectivity index (χ0v) is 15.8. The van der Waals surface area contributed by atoms with E-state index in [1.54, 1.807) is 6.92 Å². The summed E-state index contributed by atoms with van der Waals surface area (Å²) in [4.78, 5) is 24.9. The molecule has 3 atom stereocenters. The summed E-state index contributed by atoms with van der Waals surface area (Å²) in [6.07, 6.45) is -5.33. The van der Waals surface area contributed by atoms with Crippen molar-refractivity contribution in [2.75, 3.05) is 6.61 Å². The SMILES string of the molecule is CCOc1cc([C@H]2NC(=O)N[C@@](O)(C(F)(F)F)[C@@H]2C(=O)c2cccs2)ccc1O. The van der Waals surface area contributed by atoms with Crippen molar-refractivity contribution in [3.8, 4) is 11.5 Å². The van der Waals surface area contributed by atoms with Gasteiger partial charge in [-0.15, -0.1) is 11.3 Å². The van der Waals surface area contributed by atoms with Crippen molar-refractivity contribution >= 4 is 23.2 Å². The number of thiophene rings is 1. The first-order chi connectivity index (χ1) is 13.6. The molecule has 0 radical (unpaired) electrons. The van der Waals surface area contributed by atoms with Crippen LogP contribution in [0, 0.1) is 5.92 Å². The molecule has 3 rings (SSSR count). The number of phenols is 1. The van der Waals surface area contributed by atoms with Gasteiger partial charge < -0.3 is 25.6 Å². The lowest BCUT2D eigenvalue weighted by atomic mass is 9.78. The molecular weight excluding hydrogens is 413 g/mol. The zero-order chi connectivity index (χ0) is 21.4. The largest absolute Gasteiger partial charge is 0.504 e. The van der Waals surface area contributed by atoms with Crippen molar-refractivity contribution in [1.29, 1.82) is 0 Å². The van der Waals surface area contributed by atoms with Gasteiger partial charge in [0.2, 0.25) is 5.72 Å². The maximum absolute atomic E-state index is 13.8. The Hall–Kier alpha value is -2.79. The van der Waals surface area contributed by atoms with Gasteiger partial charge in [0.05, 0.1) is 17.5 Å². The van der Waals surface area contributed by atoms with Crippen molar-refractivity contribution in [2.24, 2.45) is 5.92 Å². The molecule has 1 aliphatic heterocycles. The van der Waals surface area contributed by atoms with Gasteiger partial charge in [-0.1, -0.05) is 12.1 Å². The van der Waals surface area contributed by atoms with E-state index in [4.69, 9.17) is 4.74 Å². The monoisotopic (exact) mass is 430 g/mol. The molecule has 2 heterocycles. The highest BCUT2D eigenvalue weighted by Gasteiger charge is 2.66. The number of benzene rings is 1. The topological polar surface area (TPSA) is 108 Å². The predicted octanol–water partition coefficient (Wildman–Crippen LogP) is 2.96. The Morgan fingerprint density at radius 3 is 2.66 bits per heavy atom. The van der Waals surface area contributed by atoms with Gasteiger partial charge in [-0.2, -0.15) is 13.2 Å². The van der Waals surface area contributed by atoms with Gasteiger partial charge in [-0.25, -0.2) is 4.79 Å². The molecule has 11 heteroatoms. The highest BCUT2D eigenvalue weighted by atomic mass is 32.1. The van der Waals surface area contributed by atoms with E-state index in [2.05, 4.69) is 5.32 Å². The summed E-state index contributed by atoms with van der Waals surface area (Å²) in [6.45, 7) is 1.81. The fraction of sp³-hybridized carbons (Fsp3) is 0.333. The molecule has 156 valence electrons. The van der Waals surface area contributed by atoms with Crippen LogP contribution in [0.25, 0.3) is 0 Å². The van der Waals surface area contributed by atoms with E-state index in [1.165, 1.54) is 41.0 Å². The zero-order valence-electron chi connectivity index (χ0n) is 15.0. The number of aromatic hydroxyl groups is 1. The van der Waals surface area contributed by atoms with Crippen molar-refractivity contribution in [3.05, 3.63) is 46.2 Å². The van der Waals surface area contributed by atoms with Crippen LogP contribution < -0.4 is 15.4 Å². The Morgan fingerprint density at radius 2 is 2.07 bits per heavy atom. The van der Waals surface area contributed by atoms with Crippen LogP contribution in [0.2, 0.25) is 0 Å². The second-order valence-corrected chi connectivity index (χ2v) is 7.27. The standard InChI is InChI=1S/C18H17F3N2O5S/c1-2-28-11-8-9(5-6-10(11)24)14-13(15(25)12-4-3-7-29-12)17(27,18(19,20)21)23-16(26)22-14/h3-8,13-14,24,27H,2H2,1H3,(H2,22,23,26)/t13-,14+,17-/m0/s1. The molecule has 7 nitrogen and oxygen atoms in total. The van der Waals surface area contributed by atoms with Crippen molar-refractivity contribution in [3.63, 3.8) is 0 Å². The number of aliphatic hydroxyl groups is 1. The van der Waals surface area contributed by atoms with Crippen LogP contribution in [0.15, 0.2) is 35.7 Å². The minimum absolute atomic E-state index is 0.00978. The van der Waals surface area contributed by atoms with E-state index in [0.29, 0.717) is 0 Å². The molecule has 0 spiro atoms. The number of nitrogens with one attached hydrogen (secondary N) is 2. The summed E-state index contributed by atoms with van der Waals surface area (Å²) >= 11 is 0.915. The third kappa shape index (κ3) is 3.75. The van der Waals surface area contributed by atoms with Crippen LogP contribution in [0.1, 0.15) is 28.2 Å². The Morgan fingerprint density at radius 1 is 1.34 bits per heavy atom. The number of alkyl halides is 3. The first-order valence-corrected chi connectivity index (χ1v) is 9.37. The number of hydrogen-bond acceptors (Lipinski definition) is 6. The second kappa shape index (κ2) is 7.56. The minimum atomic E-state index is -5.33. The van der Waals surface area contributed by atoms with Crippen LogP contribution >= 0.6 is 11.3 Å². The summed E-state index contributed by atoms with van der Waals surface area (Å²) in [5.41, 5.74) is -3.75. The van der Waals surface area contributed by atoms with Crippen LogP contribution in [-0.4, -0.2) is 40.5 Å². The molecular formula is C18H17F3N2O5S. The predicted molar refractivity (Wildman–Crippen MR) is 96.8 cm³/mol. The van der Waals surface area contributed by atoms with Crippen LogP contribution in [-0.2, 0) is 0 Å². The highest BCUT2D eigenvalue weighted by Crippen LogP contribution is 2.45. The fourth-order valence-corrected chi connectivity index (χ4v) is 3.89. The summed E-state index contributed by atoms with van der Waals surface area (Å²) in [5.74, 6) is -3.42. The van der Waals surface area contributed by atoms with Gasteiger partial charge in [0.1, 0.15) is 5.92 Å². The number of carbonyl (C=O) groups is 2. The molecule has 1 aromatic heterocycles. The quantitative estimate of drug-likeness (QED) is 0.546. The summed E-state index contributed by atoms with van der Waals surface area (Å²) in [5, 5.41) is 25.6. The molecule has 1 saturated heterocycles. The molecule has 1 fully saturated rings. The number of ketones is 1. The molecule has 1 aromatic carbocycles. The van der Waals surface area contributed by atoms with Gasteiger partial charge in [0, 0.05) is 0 Å². The smallest absolute Gasteiger partial charge is 0.437 e. The van der Waals surface area contributed by atoms with Crippen LogP contribution in [0.5, 0.6) is 11.5 Å². The lowest BCUT2D eigenvalue weighted by molar-refractivity contribution is -0.287. The van der Waals surface area contributed by atoms with Crippen molar-refractivity contribution in [2.45, 2.75) is 24.9 Å². The first kappa shape index (κ1) is 20.9. The fourth-order valence-electron chi connectivity index (χ4n) is 3.18. The number of Topliss-reactive ketones (excluding diaryl/α,β-unsaturated/α-hetero) is 1. The average molecular weight is 430 g/mol. The first-order valence-electron chi connectivity index (χ1n) is 8.49. The number of carbonyl (C=O) groups excluding carboxylic acids is 2. The summed E-state index contributed by atoms with van der Waals surface area (Å²) < 4.78 is 46.6. The Labute approximate surface area is 167 Å². The molecule has 0 unspecified atom stereocenters. The van der Waals surface area contributed by atoms with E-state index < -0.39 is 35.7 Å². The van der Waals surface area contributed by atoms with Gasteiger partial charge in [-0.05, 0) is 36.1 Å².